The first kappa shape index (κ1) is 48.9. The van der Waals surface area contributed by atoms with Crippen LogP contribution >= 0.6 is 0 Å². The van der Waals surface area contributed by atoms with Gasteiger partial charge in [0, 0.05) is 80.8 Å². The van der Waals surface area contributed by atoms with Gasteiger partial charge < -0.3 is 29.3 Å². The van der Waals surface area contributed by atoms with Crippen LogP contribution in [-0.4, -0.2) is 129 Å². The van der Waals surface area contributed by atoms with Crippen LogP contribution in [0, 0.1) is 5.82 Å². The summed E-state index contributed by atoms with van der Waals surface area (Å²) in [6, 6.07) is 25.5. The minimum atomic E-state index is -0.791. The molecule has 0 bridgehead atoms. The highest BCUT2D eigenvalue weighted by Crippen LogP contribution is 2.25. The van der Waals surface area contributed by atoms with E-state index in [2.05, 4.69) is 30.8 Å². The lowest BCUT2D eigenvalue weighted by molar-refractivity contribution is -0.133. The van der Waals surface area contributed by atoms with Gasteiger partial charge in [-0.3, -0.25) is 34.4 Å². The van der Waals surface area contributed by atoms with Gasteiger partial charge in [0.15, 0.2) is 5.69 Å². The zero-order valence-corrected chi connectivity index (χ0v) is 38.4. The molecule has 3 N–H and O–H groups in total. The van der Waals surface area contributed by atoms with E-state index < -0.39 is 41.3 Å². The minimum Gasteiger partial charge on any atom is -0.445 e. The third kappa shape index (κ3) is 13.3. The predicted octanol–water partition coefficient (Wildman–Crippen LogP) is 5.83. The fraction of sp³-hybridized carbons (Fsp3) is 0.300. The van der Waals surface area contributed by atoms with E-state index in [4.69, 9.17) is 14.2 Å². The third-order valence-electron chi connectivity index (χ3n) is 10.9. The van der Waals surface area contributed by atoms with Crippen molar-refractivity contribution in [2.45, 2.75) is 39.4 Å². The topological polar surface area (TPSA) is 218 Å². The molecule has 1 saturated heterocycles. The number of benzene rings is 3. The number of rotatable bonds is 16. The maximum Gasteiger partial charge on any atom is 0.412 e. The number of piperazine rings is 1. The summed E-state index contributed by atoms with van der Waals surface area (Å²) in [6.07, 6.45) is 3.47. The van der Waals surface area contributed by atoms with E-state index in [9.17, 15) is 28.8 Å². The molecular formula is C50H52FN9O9. The first-order chi connectivity index (χ1) is 33.2. The Balaban J connectivity index is 0.926. The average molecular weight is 942 g/mol. The quantitative estimate of drug-likeness (QED) is 0.0978. The summed E-state index contributed by atoms with van der Waals surface area (Å²) in [4.78, 5) is 91.8. The Bertz CT molecular complexity index is 2850. The molecule has 69 heavy (non-hydrogen) atoms. The van der Waals surface area contributed by atoms with Gasteiger partial charge in [0.2, 0.25) is 5.91 Å². The summed E-state index contributed by atoms with van der Waals surface area (Å²) in [5.41, 5.74) is 2.09. The van der Waals surface area contributed by atoms with Crippen LogP contribution in [0.25, 0.3) is 21.9 Å². The van der Waals surface area contributed by atoms with Gasteiger partial charge in [-0.15, -0.1) is 0 Å². The van der Waals surface area contributed by atoms with Gasteiger partial charge in [-0.05, 0) is 62.2 Å². The smallest absolute Gasteiger partial charge is 0.412 e. The number of H-pyrrole nitrogens is 1. The lowest BCUT2D eigenvalue weighted by Gasteiger charge is -2.36. The molecule has 0 spiro atoms. The summed E-state index contributed by atoms with van der Waals surface area (Å²) < 4.78 is 31.9. The van der Waals surface area contributed by atoms with Crippen molar-refractivity contribution >= 4 is 46.4 Å². The van der Waals surface area contributed by atoms with Gasteiger partial charge in [-0.1, -0.05) is 60.7 Å². The van der Waals surface area contributed by atoms with Crippen molar-refractivity contribution in [3.63, 3.8) is 0 Å². The number of fused-ring (bicyclic) bond motifs is 1. The number of aromatic nitrogens is 4. The van der Waals surface area contributed by atoms with E-state index in [1.165, 1.54) is 33.0 Å². The summed E-state index contributed by atoms with van der Waals surface area (Å²) >= 11 is 0. The molecule has 4 heterocycles. The van der Waals surface area contributed by atoms with Crippen LogP contribution in [0.5, 0.6) is 0 Å². The van der Waals surface area contributed by atoms with Crippen LogP contribution < -0.4 is 16.2 Å². The molecule has 3 aromatic heterocycles. The highest BCUT2D eigenvalue weighted by atomic mass is 19.1. The van der Waals surface area contributed by atoms with Crippen LogP contribution in [-0.2, 0) is 32.0 Å². The summed E-state index contributed by atoms with van der Waals surface area (Å²) in [7, 11) is 0. The molecule has 0 saturated carbocycles. The minimum absolute atomic E-state index is 0.0193. The highest BCUT2D eigenvalue weighted by Gasteiger charge is 2.29. The molecule has 1 aliphatic rings. The van der Waals surface area contributed by atoms with E-state index in [0.717, 1.165) is 11.1 Å². The second-order valence-corrected chi connectivity index (χ2v) is 17.0. The standard InChI is InChI=1S/C50H52FN9O9/c1-50(2,3)69-48(65)55-42-28-36(35-12-9-17-52-29-35)30-54-44(42)46(63)53-18-24-67-25-23-60(49(66)68-32-33-10-5-4-6-11-33)31-43(61)58-19-21-59(22-20-58)47(64)39-26-34(15-16-40(39)51)27-41-37-13-7-8-14-38(37)45(62)57-56-41/h4-17,26,28-30H,18-25,27,31-32H2,1-3H3,(H,53,63)(H,55,65)(H,57,62). The fourth-order valence-electron chi connectivity index (χ4n) is 7.43. The van der Waals surface area contributed by atoms with Gasteiger partial charge in [0.05, 0.1) is 35.5 Å². The third-order valence-corrected chi connectivity index (χ3v) is 10.9. The van der Waals surface area contributed by atoms with Crippen molar-refractivity contribution < 1.29 is 42.6 Å². The highest BCUT2D eigenvalue weighted by molar-refractivity contribution is 6.02. The van der Waals surface area contributed by atoms with Crippen LogP contribution in [0.1, 0.15) is 58.4 Å². The number of halogens is 1. The van der Waals surface area contributed by atoms with Crippen molar-refractivity contribution in [2.75, 3.05) is 64.3 Å². The lowest BCUT2D eigenvalue weighted by Crippen LogP contribution is -2.53. The zero-order valence-electron chi connectivity index (χ0n) is 38.4. The summed E-state index contributed by atoms with van der Waals surface area (Å²) in [5.74, 6) is -2.21. The Morgan fingerprint density at radius 1 is 0.826 bits per heavy atom. The predicted molar refractivity (Wildman–Crippen MR) is 253 cm³/mol. The number of hydrogen-bond acceptors (Lipinski definition) is 12. The van der Waals surface area contributed by atoms with Gasteiger partial charge >= 0.3 is 12.2 Å². The number of anilines is 1. The maximum absolute atomic E-state index is 15.2. The number of pyridine rings is 2. The second kappa shape index (κ2) is 22.6. The number of carbonyl (C=O) groups is 5. The Morgan fingerprint density at radius 2 is 1.57 bits per heavy atom. The monoisotopic (exact) mass is 941 g/mol. The Hall–Kier alpha value is -8.06. The molecule has 358 valence electrons. The molecular weight excluding hydrogens is 890 g/mol. The van der Waals surface area contributed by atoms with Gasteiger partial charge in [0.25, 0.3) is 17.4 Å². The van der Waals surface area contributed by atoms with Gasteiger partial charge in [-0.2, -0.15) is 5.10 Å². The van der Waals surface area contributed by atoms with Crippen molar-refractivity contribution in [1.82, 2.24) is 40.2 Å². The Morgan fingerprint density at radius 3 is 2.30 bits per heavy atom. The number of amides is 5. The first-order valence-electron chi connectivity index (χ1n) is 22.3. The molecule has 18 nitrogen and oxygen atoms in total. The largest absolute Gasteiger partial charge is 0.445 e. The van der Waals surface area contributed by atoms with Gasteiger partial charge in [0.1, 0.15) is 24.6 Å². The van der Waals surface area contributed by atoms with Crippen LogP contribution in [0.3, 0.4) is 0 Å². The Kier molecular flexibility index (Phi) is 16.0. The molecule has 19 heteroatoms. The van der Waals surface area contributed by atoms with Crippen LogP contribution in [0.15, 0.2) is 114 Å². The zero-order chi connectivity index (χ0) is 48.9. The molecule has 0 unspecified atom stereocenters. The van der Waals surface area contributed by atoms with Crippen molar-refractivity contribution in [2.24, 2.45) is 0 Å². The second-order valence-electron chi connectivity index (χ2n) is 17.0. The molecule has 1 fully saturated rings. The van der Waals surface area contributed by atoms with Crippen LogP contribution in [0.4, 0.5) is 19.7 Å². The van der Waals surface area contributed by atoms with Gasteiger partial charge in [-0.25, -0.2) is 24.1 Å². The van der Waals surface area contributed by atoms with Crippen LogP contribution in [0.2, 0.25) is 0 Å². The molecule has 0 atom stereocenters. The van der Waals surface area contributed by atoms with Crippen molar-refractivity contribution in [3.8, 4) is 11.1 Å². The molecule has 0 radical (unpaired) electrons. The van der Waals surface area contributed by atoms with E-state index in [0.29, 0.717) is 27.6 Å². The first-order valence-corrected chi connectivity index (χ1v) is 22.3. The van der Waals surface area contributed by atoms with E-state index >= 15 is 4.39 Å². The van der Waals surface area contributed by atoms with E-state index in [1.54, 1.807) is 87.8 Å². The number of nitrogens with one attached hydrogen (secondary N) is 3. The summed E-state index contributed by atoms with van der Waals surface area (Å²) in [6.45, 7) is 5.30. The SMILES string of the molecule is CC(C)(C)OC(=O)Nc1cc(-c2cccnc2)cnc1C(=O)NCCOCCN(CC(=O)N1CCN(C(=O)c2cc(Cc3n[nH]c(=O)c4ccccc34)ccc2F)CC1)C(=O)OCc1ccccc1. The summed E-state index contributed by atoms with van der Waals surface area (Å²) in [5, 5.41) is 13.2. The molecule has 7 rings (SSSR count). The number of carbonyl (C=O) groups excluding carboxylic acids is 5. The maximum atomic E-state index is 15.2. The number of hydrogen-bond donors (Lipinski definition) is 3. The lowest BCUT2D eigenvalue weighted by atomic mass is 10.0. The number of aromatic amines is 1. The number of nitrogens with zero attached hydrogens (tertiary/aromatic N) is 6. The number of ether oxygens (including phenoxy) is 3. The molecule has 5 amide bonds. The van der Waals surface area contributed by atoms with Crippen molar-refractivity contribution in [3.05, 3.63) is 154 Å². The normalized spacial score (nSPS) is 12.6. The van der Waals surface area contributed by atoms with Crippen molar-refractivity contribution in [1.29, 1.82) is 0 Å². The molecule has 6 aromatic rings. The molecule has 3 aromatic carbocycles. The average Bonchev–Trinajstić information content (AvgIpc) is 3.35. The Labute approximate surface area is 396 Å². The van der Waals surface area contributed by atoms with E-state index in [-0.39, 0.29) is 94.6 Å². The van der Waals surface area contributed by atoms with E-state index in [1.807, 2.05) is 24.3 Å². The molecule has 1 aliphatic heterocycles. The molecule has 0 aliphatic carbocycles. The fourth-order valence-corrected chi connectivity index (χ4v) is 7.43.